The lowest BCUT2D eigenvalue weighted by molar-refractivity contribution is -0.117. The highest BCUT2D eigenvalue weighted by Gasteiger charge is 2.39. The second-order valence-electron chi connectivity index (χ2n) is 5.92. The van der Waals surface area contributed by atoms with Crippen molar-refractivity contribution in [3.8, 4) is 0 Å². The Hall–Kier alpha value is -0.470. The van der Waals surface area contributed by atoms with E-state index in [4.69, 9.17) is 11.6 Å². The number of Topliss-reactive ketones (excluding diaryl/α,β-unsaturated/α-hetero) is 1. The average molecular weight is 295 g/mol. The van der Waals surface area contributed by atoms with E-state index in [-0.39, 0.29) is 0 Å². The minimum atomic E-state index is 0.405. The molecule has 0 aliphatic heterocycles. The molecule has 2 aliphatic rings. The molecule has 0 radical (unpaired) electrons. The smallest absolute Gasteiger partial charge is 0.143 e. The Morgan fingerprint density at radius 2 is 2.21 bits per heavy atom. The predicted molar refractivity (Wildman–Crippen MR) is 80.7 cm³/mol. The Balaban J connectivity index is 1.47. The van der Waals surface area contributed by atoms with Crippen LogP contribution in [0.4, 0.5) is 0 Å². The summed E-state index contributed by atoms with van der Waals surface area (Å²) in [7, 11) is 0. The summed E-state index contributed by atoms with van der Waals surface area (Å²) in [5, 5.41) is 0.741. The van der Waals surface area contributed by atoms with Crippen LogP contribution in [0.25, 0.3) is 0 Å². The van der Waals surface area contributed by atoms with Crippen LogP contribution in [0, 0.1) is 17.8 Å². The largest absolute Gasteiger partial charge is 0.299 e. The molecule has 2 aliphatic carbocycles. The van der Waals surface area contributed by atoms with Crippen LogP contribution in [0.15, 0.2) is 29.2 Å². The quantitative estimate of drug-likeness (QED) is 0.724. The van der Waals surface area contributed by atoms with Gasteiger partial charge in [0.25, 0.3) is 0 Å². The maximum absolute atomic E-state index is 12.1. The van der Waals surface area contributed by atoms with E-state index in [9.17, 15) is 4.79 Å². The molecule has 2 bridgehead atoms. The van der Waals surface area contributed by atoms with Crippen LogP contribution < -0.4 is 0 Å². The first-order valence-electron chi connectivity index (χ1n) is 7.11. The minimum absolute atomic E-state index is 0.405. The highest BCUT2D eigenvalue weighted by Crippen LogP contribution is 2.49. The van der Waals surface area contributed by atoms with Crippen LogP contribution in [0.1, 0.15) is 32.1 Å². The second kappa shape index (κ2) is 5.88. The molecule has 0 saturated heterocycles. The van der Waals surface area contributed by atoms with Crippen LogP contribution in [-0.4, -0.2) is 11.5 Å². The summed E-state index contributed by atoms with van der Waals surface area (Å²) in [6.07, 6.45) is 6.27. The van der Waals surface area contributed by atoms with E-state index in [1.807, 2.05) is 24.3 Å². The molecule has 0 aromatic heterocycles. The van der Waals surface area contributed by atoms with Crippen molar-refractivity contribution in [3.05, 3.63) is 29.3 Å². The molecule has 0 heterocycles. The monoisotopic (exact) mass is 294 g/mol. The highest BCUT2D eigenvalue weighted by atomic mass is 35.5. The van der Waals surface area contributed by atoms with Crippen LogP contribution >= 0.6 is 23.4 Å². The topological polar surface area (TPSA) is 17.1 Å². The first-order chi connectivity index (χ1) is 9.20. The van der Waals surface area contributed by atoms with Gasteiger partial charge in [0.1, 0.15) is 5.78 Å². The fraction of sp³-hybridized carbons (Fsp3) is 0.562. The van der Waals surface area contributed by atoms with E-state index in [0.717, 1.165) is 28.2 Å². The first kappa shape index (κ1) is 13.5. The molecule has 0 amide bonds. The number of carbonyl (C=O) groups excluding carboxylic acids is 1. The third-order valence-corrected chi connectivity index (χ3v) is 5.86. The van der Waals surface area contributed by atoms with Gasteiger partial charge in [0.15, 0.2) is 0 Å². The Kier molecular flexibility index (Phi) is 4.18. The van der Waals surface area contributed by atoms with Gasteiger partial charge >= 0.3 is 0 Å². The van der Waals surface area contributed by atoms with Crippen molar-refractivity contribution in [2.24, 2.45) is 17.8 Å². The third kappa shape index (κ3) is 3.35. The van der Waals surface area contributed by atoms with Gasteiger partial charge in [-0.25, -0.2) is 0 Å². The molecule has 2 saturated carbocycles. The Morgan fingerprint density at radius 3 is 2.89 bits per heavy atom. The van der Waals surface area contributed by atoms with Crippen molar-refractivity contribution in [2.75, 3.05) is 5.75 Å². The summed E-state index contributed by atoms with van der Waals surface area (Å²) < 4.78 is 0. The van der Waals surface area contributed by atoms with Gasteiger partial charge in [-0.15, -0.1) is 11.8 Å². The normalized spacial score (nSPS) is 28.8. The number of thioether (sulfide) groups is 1. The molecule has 3 unspecified atom stereocenters. The fourth-order valence-electron chi connectivity index (χ4n) is 3.70. The van der Waals surface area contributed by atoms with E-state index in [1.165, 1.54) is 25.7 Å². The Labute approximate surface area is 124 Å². The molecule has 102 valence electrons. The minimum Gasteiger partial charge on any atom is -0.299 e. The average Bonchev–Trinajstić information content (AvgIpc) is 2.99. The van der Waals surface area contributed by atoms with Gasteiger partial charge in [-0.2, -0.15) is 0 Å². The molecular weight excluding hydrogens is 276 g/mol. The summed E-state index contributed by atoms with van der Waals surface area (Å²) in [5.41, 5.74) is 0. The van der Waals surface area contributed by atoms with Crippen molar-refractivity contribution in [3.63, 3.8) is 0 Å². The van der Waals surface area contributed by atoms with Crippen LogP contribution in [0.5, 0.6) is 0 Å². The van der Waals surface area contributed by atoms with Gasteiger partial charge in [-0.05, 0) is 55.2 Å². The number of ketones is 1. The first-order valence-corrected chi connectivity index (χ1v) is 8.47. The van der Waals surface area contributed by atoms with Crippen LogP contribution in [0.3, 0.4) is 0 Å². The lowest BCUT2D eigenvalue weighted by Gasteiger charge is -2.20. The lowest BCUT2D eigenvalue weighted by atomic mass is 9.85. The number of halogens is 1. The maximum atomic E-state index is 12.1. The standard InChI is InChI=1S/C16H19ClOS/c17-14-2-1-3-16(9-14)19-10-15(18)8-13-7-11-4-5-12(13)6-11/h1-3,9,11-13H,4-8,10H2. The summed E-state index contributed by atoms with van der Waals surface area (Å²) in [6.45, 7) is 0. The number of rotatable bonds is 5. The van der Waals surface area contributed by atoms with Crippen molar-refractivity contribution < 1.29 is 4.79 Å². The Morgan fingerprint density at radius 1 is 1.32 bits per heavy atom. The van der Waals surface area contributed by atoms with Crippen molar-refractivity contribution >= 4 is 29.1 Å². The molecule has 1 aromatic rings. The van der Waals surface area contributed by atoms with Gasteiger partial charge in [0.05, 0.1) is 5.75 Å². The van der Waals surface area contributed by atoms with E-state index in [2.05, 4.69) is 0 Å². The van der Waals surface area contributed by atoms with Gasteiger partial charge in [-0.1, -0.05) is 24.1 Å². The lowest BCUT2D eigenvalue weighted by Crippen LogP contribution is -2.16. The van der Waals surface area contributed by atoms with Crippen LogP contribution in [-0.2, 0) is 4.79 Å². The summed E-state index contributed by atoms with van der Waals surface area (Å²) in [6, 6.07) is 7.74. The number of hydrogen-bond acceptors (Lipinski definition) is 2. The van der Waals surface area contributed by atoms with Gasteiger partial charge in [0.2, 0.25) is 0 Å². The number of hydrogen-bond donors (Lipinski definition) is 0. The van der Waals surface area contributed by atoms with Crippen molar-refractivity contribution in [2.45, 2.75) is 37.0 Å². The molecule has 1 nitrogen and oxygen atoms in total. The molecule has 1 aromatic carbocycles. The number of benzene rings is 1. The maximum Gasteiger partial charge on any atom is 0.143 e. The molecule has 0 N–H and O–H groups in total. The Bertz CT molecular complexity index is 474. The zero-order valence-corrected chi connectivity index (χ0v) is 12.6. The van der Waals surface area contributed by atoms with Gasteiger partial charge < -0.3 is 0 Å². The number of fused-ring (bicyclic) bond motifs is 2. The molecule has 3 rings (SSSR count). The summed E-state index contributed by atoms with van der Waals surface area (Å²) >= 11 is 7.55. The summed E-state index contributed by atoms with van der Waals surface area (Å²) in [5.74, 6) is 3.47. The molecule has 19 heavy (non-hydrogen) atoms. The highest BCUT2D eigenvalue weighted by molar-refractivity contribution is 8.00. The molecule has 0 spiro atoms. The van der Waals surface area contributed by atoms with Crippen molar-refractivity contribution in [1.82, 2.24) is 0 Å². The predicted octanol–water partition coefficient (Wildman–Crippen LogP) is 4.83. The SMILES string of the molecule is O=C(CSc1cccc(Cl)c1)CC1CC2CCC1C2. The second-order valence-corrected chi connectivity index (χ2v) is 7.41. The third-order valence-electron chi connectivity index (χ3n) is 4.57. The molecule has 2 fully saturated rings. The van der Waals surface area contributed by atoms with E-state index >= 15 is 0 Å². The van der Waals surface area contributed by atoms with Crippen LogP contribution in [0.2, 0.25) is 5.02 Å². The van der Waals surface area contributed by atoms with E-state index in [0.29, 0.717) is 17.5 Å². The van der Waals surface area contributed by atoms with Gasteiger partial charge in [0, 0.05) is 16.3 Å². The fourth-order valence-corrected chi connectivity index (χ4v) is 4.78. The zero-order valence-electron chi connectivity index (χ0n) is 11.0. The zero-order chi connectivity index (χ0) is 13.2. The van der Waals surface area contributed by atoms with Gasteiger partial charge in [-0.3, -0.25) is 4.79 Å². The molecular formula is C16H19ClOS. The van der Waals surface area contributed by atoms with Crippen molar-refractivity contribution in [1.29, 1.82) is 0 Å². The summed E-state index contributed by atoms with van der Waals surface area (Å²) in [4.78, 5) is 13.2. The van der Waals surface area contributed by atoms with E-state index in [1.54, 1.807) is 11.8 Å². The number of carbonyl (C=O) groups is 1. The molecule has 3 heteroatoms. The van der Waals surface area contributed by atoms with E-state index < -0.39 is 0 Å². The molecule has 3 atom stereocenters.